The number of hydrogen-bond donors (Lipinski definition) is 3. The van der Waals surface area contributed by atoms with Crippen molar-refractivity contribution in [1.29, 1.82) is 0 Å². The van der Waals surface area contributed by atoms with Crippen LogP contribution in [0.1, 0.15) is 57.4 Å². The van der Waals surface area contributed by atoms with Gasteiger partial charge in [0.05, 0.1) is 6.54 Å². The number of anilines is 1. The largest absolute Gasteiger partial charge is 0.385 e. The standard InChI is InChI=1S/C23H36N4O2/c1-3-24-22(26-17-23(11-6-12-23)13-14-29-2)25-16-18-7-4-10-20(15-18)27-21(28)19-8-5-9-19/h4,7,10,15,19H,3,5-6,8-9,11-14,16-17H2,1-2H3,(H,27,28)(H2,24,25,26). The van der Waals surface area contributed by atoms with E-state index in [-0.39, 0.29) is 11.8 Å². The van der Waals surface area contributed by atoms with Crippen molar-refractivity contribution in [3.8, 4) is 0 Å². The first kappa shape index (κ1) is 21.6. The molecule has 1 amide bonds. The van der Waals surface area contributed by atoms with Crippen LogP contribution in [-0.4, -0.2) is 38.7 Å². The van der Waals surface area contributed by atoms with E-state index in [0.29, 0.717) is 12.0 Å². The summed E-state index contributed by atoms with van der Waals surface area (Å²) in [6.07, 6.45) is 8.10. The van der Waals surface area contributed by atoms with Gasteiger partial charge in [0.2, 0.25) is 5.91 Å². The molecule has 0 spiro atoms. The van der Waals surface area contributed by atoms with E-state index in [0.717, 1.165) is 56.2 Å². The summed E-state index contributed by atoms with van der Waals surface area (Å²) in [5.41, 5.74) is 2.30. The third-order valence-electron chi connectivity index (χ3n) is 6.32. The number of carbonyl (C=O) groups excluding carboxylic acids is 1. The average molecular weight is 401 g/mol. The average Bonchev–Trinajstić information content (AvgIpc) is 2.63. The van der Waals surface area contributed by atoms with Gasteiger partial charge in [-0.25, -0.2) is 4.99 Å². The fourth-order valence-corrected chi connectivity index (χ4v) is 3.96. The summed E-state index contributed by atoms with van der Waals surface area (Å²) in [6.45, 7) is 5.23. The second-order valence-electron chi connectivity index (χ2n) is 8.46. The van der Waals surface area contributed by atoms with Crippen LogP contribution in [0.25, 0.3) is 0 Å². The number of rotatable bonds is 10. The van der Waals surface area contributed by atoms with Gasteiger partial charge in [-0.1, -0.05) is 25.0 Å². The van der Waals surface area contributed by atoms with E-state index in [1.54, 1.807) is 7.11 Å². The molecular formula is C23H36N4O2. The lowest BCUT2D eigenvalue weighted by Crippen LogP contribution is -2.46. The van der Waals surface area contributed by atoms with Crippen molar-refractivity contribution in [3.63, 3.8) is 0 Å². The van der Waals surface area contributed by atoms with Crippen LogP contribution >= 0.6 is 0 Å². The minimum absolute atomic E-state index is 0.147. The third-order valence-corrected chi connectivity index (χ3v) is 6.32. The van der Waals surface area contributed by atoms with E-state index in [2.05, 4.69) is 28.9 Å². The molecular weight excluding hydrogens is 364 g/mol. The third kappa shape index (κ3) is 6.20. The van der Waals surface area contributed by atoms with Crippen LogP contribution in [0.2, 0.25) is 0 Å². The van der Waals surface area contributed by atoms with Gasteiger partial charge in [-0.3, -0.25) is 4.79 Å². The number of nitrogens with zero attached hydrogens (tertiary/aromatic N) is 1. The van der Waals surface area contributed by atoms with Gasteiger partial charge in [-0.2, -0.15) is 0 Å². The molecule has 1 aromatic carbocycles. The molecule has 0 heterocycles. The first-order valence-electron chi connectivity index (χ1n) is 11.0. The van der Waals surface area contributed by atoms with Gasteiger partial charge in [0.25, 0.3) is 0 Å². The van der Waals surface area contributed by atoms with Crippen LogP contribution in [0.3, 0.4) is 0 Å². The fourth-order valence-electron chi connectivity index (χ4n) is 3.96. The van der Waals surface area contributed by atoms with Gasteiger partial charge in [-0.05, 0) is 62.1 Å². The Bertz CT molecular complexity index is 696. The van der Waals surface area contributed by atoms with Crippen molar-refractivity contribution in [2.24, 2.45) is 16.3 Å². The van der Waals surface area contributed by atoms with E-state index >= 15 is 0 Å². The minimum atomic E-state index is 0.147. The molecule has 2 fully saturated rings. The SMILES string of the molecule is CCNC(=NCc1cccc(NC(=O)C2CCC2)c1)NCC1(CCOC)CCC1. The molecule has 0 atom stereocenters. The molecule has 2 aliphatic carbocycles. The summed E-state index contributed by atoms with van der Waals surface area (Å²) >= 11 is 0. The second kappa shape index (κ2) is 10.6. The van der Waals surface area contributed by atoms with Crippen molar-refractivity contribution in [3.05, 3.63) is 29.8 Å². The Morgan fingerprint density at radius 1 is 1.24 bits per heavy atom. The summed E-state index contributed by atoms with van der Waals surface area (Å²) in [5.74, 6) is 1.19. The fraction of sp³-hybridized carbons (Fsp3) is 0.652. The Kier molecular flexibility index (Phi) is 7.92. The Balaban J connectivity index is 1.55. The van der Waals surface area contributed by atoms with Crippen molar-refractivity contribution in [2.45, 2.75) is 58.4 Å². The maximum atomic E-state index is 12.2. The van der Waals surface area contributed by atoms with Crippen molar-refractivity contribution < 1.29 is 9.53 Å². The summed E-state index contributed by atoms with van der Waals surface area (Å²) in [5, 5.41) is 9.92. The van der Waals surface area contributed by atoms with Gasteiger partial charge < -0.3 is 20.7 Å². The molecule has 6 nitrogen and oxygen atoms in total. The number of guanidine groups is 1. The zero-order chi connectivity index (χ0) is 20.5. The molecule has 29 heavy (non-hydrogen) atoms. The summed E-state index contributed by atoms with van der Waals surface area (Å²) < 4.78 is 5.29. The van der Waals surface area contributed by atoms with E-state index < -0.39 is 0 Å². The number of aliphatic imine (C=N–C) groups is 1. The number of amides is 1. The zero-order valence-electron chi connectivity index (χ0n) is 17.9. The van der Waals surface area contributed by atoms with Gasteiger partial charge in [0, 0.05) is 38.4 Å². The Morgan fingerprint density at radius 2 is 2.07 bits per heavy atom. The van der Waals surface area contributed by atoms with E-state index in [1.165, 1.54) is 25.7 Å². The summed E-state index contributed by atoms with van der Waals surface area (Å²) in [6, 6.07) is 8.01. The highest BCUT2D eigenvalue weighted by atomic mass is 16.5. The maximum Gasteiger partial charge on any atom is 0.227 e. The monoisotopic (exact) mass is 400 g/mol. The summed E-state index contributed by atoms with van der Waals surface area (Å²) in [4.78, 5) is 16.9. The van der Waals surface area contributed by atoms with Gasteiger partial charge >= 0.3 is 0 Å². The van der Waals surface area contributed by atoms with Crippen molar-refractivity contribution >= 4 is 17.6 Å². The van der Waals surface area contributed by atoms with Gasteiger partial charge in [-0.15, -0.1) is 0 Å². The van der Waals surface area contributed by atoms with Crippen LogP contribution in [-0.2, 0) is 16.1 Å². The minimum Gasteiger partial charge on any atom is -0.385 e. The predicted molar refractivity (Wildman–Crippen MR) is 118 cm³/mol. The molecule has 0 saturated heterocycles. The molecule has 6 heteroatoms. The van der Waals surface area contributed by atoms with Crippen LogP contribution in [0.5, 0.6) is 0 Å². The van der Waals surface area contributed by atoms with Crippen LogP contribution < -0.4 is 16.0 Å². The highest BCUT2D eigenvalue weighted by Crippen LogP contribution is 2.43. The number of ether oxygens (including phenoxy) is 1. The van der Waals surface area contributed by atoms with Crippen LogP contribution in [0, 0.1) is 11.3 Å². The number of hydrogen-bond acceptors (Lipinski definition) is 3. The molecule has 2 saturated carbocycles. The lowest BCUT2D eigenvalue weighted by molar-refractivity contribution is -0.122. The normalized spacial score (nSPS) is 18.5. The van der Waals surface area contributed by atoms with E-state index in [4.69, 9.17) is 9.73 Å². The Hall–Kier alpha value is -2.08. The zero-order valence-corrected chi connectivity index (χ0v) is 17.9. The van der Waals surface area contributed by atoms with Crippen LogP contribution in [0.15, 0.2) is 29.3 Å². The molecule has 1 aromatic rings. The molecule has 3 rings (SSSR count). The quantitative estimate of drug-likeness (QED) is 0.414. The molecule has 0 aliphatic heterocycles. The highest BCUT2D eigenvalue weighted by Gasteiger charge is 2.36. The molecule has 2 aliphatic rings. The molecule has 0 aromatic heterocycles. The Labute approximate surface area is 174 Å². The second-order valence-corrected chi connectivity index (χ2v) is 8.46. The Morgan fingerprint density at radius 3 is 2.69 bits per heavy atom. The number of nitrogens with one attached hydrogen (secondary N) is 3. The predicted octanol–water partition coefficient (Wildman–Crippen LogP) is 3.69. The highest BCUT2D eigenvalue weighted by molar-refractivity contribution is 5.93. The number of methoxy groups -OCH3 is 1. The van der Waals surface area contributed by atoms with Crippen molar-refractivity contribution in [1.82, 2.24) is 10.6 Å². The van der Waals surface area contributed by atoms with Gasteiger partial charge in [0.15, 0.2) is 5.96 Å². The maximum absolute atomic E-state index is 12.2. The van der Waals surface area contributed by atoms with E-state index in [9.17, 15) is 4.79 Å². The van der Waals surface area contributed by atoms with Crippen molar-refractivity contribution in [2.75, 3.05) is 32.1 Å². The number of benzene rings is 1. The van der Waals surface area contributed by atoms with Crippen LogP contribution in [0.4, 0.5) is 5.69 Å². The molecule has 0 bridgehead atoms. The molecule has 3 N–H and O–H groups in total. The molecule has 160 valence electrons. The lowest BCUT2D eigenvalue weighted by atomic mass is 9.67. The number of carbonyl (C=O) groups is 1. The topological polar surface area (TPSA) is 74.8 Å². The first-order valence-corrected chi connectivity index (χ1v) is 11.0. The summed E-state index contributed by atoms with van der Waals surface area (Å²) in [7, 11) is 1.77. The molecule has 0 unspecified atom stereocenters. The van der Waals surface area contributed by atoms with E-state index in [1.807, 2.05) is 18.2 Å². The first-order chi connectivity index (χ1) is 14.1. The van der Waals surface area contributed by atoms with Gasteiger partial charge in [0.1, 0.15) is 0 Å². The molecule has 0 radical (unpaired) electrons. The smallest absolute Gasteiger partial charge is 0.227 e. The lowest BCUT2D eigenvalue weighted by Gasteiger charge is -2.42.